The summed E-state index contributed by atoms with van der Waals surface area (Å²) in [5.41, 5.74) is 0.444. The number of rotatable bonds is 2. The first-order valence-corrected chi connectivity index (χ1v) is 6.73. The van der Waals surface area contributed by atoms with Crippen molar-refractivity contribution in [2.45, 2.75) is 90.4 Å². The van der Waals surface area contributed by atoms with E-state index in [-0.39, 0.29) is 53.0 Å². The van der Waals surface area contributed by atoms with Gasteiger partial charge in [0.15, 0.2) is 0 Å². The smallest absolute Gasteiger partial charge is 1.00 e. The molecule has 0 bridgehead atoms. The molecule has 0 heterocycles. The van der Waals surface area contributed by atoms with Crippen molar-refractivity contribution >= 4 is 0 Å². The Hall–Kier alpha value is 1.02. The normalized spacial score (nSPS) is 23.7. The standard InChI is InChI=1S/C14H30N2.2ClH.Cu/c1-13(2,3)15-11-9-7-8-10-12(11)16-14(4,5)6;;;/h11-12,15-16H,7-10H2,1-6H3;2*1H;/q;;;+2/p-2. The predicted octanol–water partition coefficient (Wildman–Crippen LogP) is -2.92. The second kappa shape index (κ2) is 9.87. The molecule has 121 valence electrons. The Balaban J connectivity index is -0.000000853. The third-order valence-corrected chi connectivity index (χ3v) is 3.00. The predicted molar refractivity (Wildman–Crippen MR) is 71.8 cm³/mol. The summed E-state index contributed by atoms with van der Waals surface area (Å²) < 4.78 is 0. The third-order valence-electron chi connectivity index (χ3n) is 3.00. The third kappa shape index (κ3) is 11.4. The van der Waals surface area contributed by atoms with Gasteiger partial charge in [-0.05, 0) is 54.4 Å². The SMILES string of the molecule is CC(C)(C)NC1CCCCC1NC(C)(C)C.[Cl-].[Cl-].[Cu+2]. The van der Waals surface area contributed by atoms with Crippen molar-refractivity contribution < 1.29 is 41.9 Å². The molecule has 2 unspecified atom stereocenters. The fraction of sp³-hybridized carbons (Fsp3) is 1.00. The quantitative estimate of drug-likeness (QED) is 0.516. The Labute approximate surface area is 142 Å². The molecule has 0 aromatic heterocycles. The van der Waals surface area contributed by atoms with Crippen molar-refractivity contribution in [3.63, 3.8) is 0 Å². The minimum atomic E-state index is 0. The van der Waals surface area contributed by atoms with Crippen LogP contribution in [0.4, 0.5) is 0 Å². The molecule has 2 atom stereocenters. The minimum absolute atomic E-state index is 0. The van der Waals surface area contributed by atoms with E-state index in [1.54, 1.807) is 0 Å². The Morgan fingerprint density at radius 2 is 0.947 bits per heavy atom. The molecular weight excluding hydrogens is 331 g/mol. The van der Waals surface area contributed by atoms with Crippen LogP contribution in [0.25, 0.3) is 0 Å². The summed E-state index contributed by atoms with van der Waals surface area (Å²) in [4.78, 5) is 0. The van der Waals surface area contributed by atoms with Crippen molar-refractivity contribution in [3.8, 4) is 0 Å². The molecule has 1 aliphatic carbocycles. The van der Waals surface area contributed by atoms with Crippen LogP contribution in [0.15, 0.2) is 0 Å². The van der Waals surface area contributed by atoms with Gasteiger partial charge in [0.2, 0.25) is 0 Å². The molecule has 0 aromatic carbocycles. The van der Waals surface area contributed by atoms with Crippen LogP contribution in [-0.4, -0.2) is 23.2 Å². The zero-order chi connectivity index (χ0) is 12.4. The topological polar surface area (TPSA) is 24.1 Å². The van der Waals surface area contributed by atoms with Crippen LogP contribution < -0.4 is 35.4 Å². The molecule has 0 aliphatic heterocycles. The van der Waals surface area contributed by atoms with Crippen molar-refractivity contribution in [1.82, 2.24) is 10.6 Å². The number of halogens is 2. The zero-order valence-electron chi connectivity index (χ0n) is 13.0. The summed E-state index contributed by atoms with van der Waals surface area (Å²) in [5.74, 6) is 0. The first-order valence-electron chi connectivity index (χ1n) is 6.73. The fourth-order valence-electron chi connectivity index (χ4n) is 2.59. The molecule has 0 amide bonds. The van der Waals surface area contributed by atoms with Gasteiger partial charge in [-0.25, -0.2) is 0 Å². The summed E-state index contributed by atoms with van der Waals surface area (Å²) in [7, 11) is 0. The maximum absolute atomic E-state index is 3.77. The van der Waals surface area contributed by atoms with Gasteiger partial charge in [0.25, 0.3) is 0 Å². The Bertz CT molecular complexity index is 200. The molecule has 2 nitrogen and oxygen atoms in total. The number of hydrogen-bond donors (Lipinski definition) is 2. The maximum atomic E-state index is 3.77. The number of hydrogen-bond acceptors (Lipinski definition) is 2. The van der Waals surface area contributed by atoms with Crippen LogP contribution in [-0.2, 0) is 17.1 Å². The summed E-state index contributed by atoms with van der Waals surface area (Å²) in [6.45, 7) is 13.6. The Kier molecular flexibility index (Phi) is 13.0. The van der Waals surface area contributed by atoms with Gasteiger partial charge in [-0.3, -0.25) is 0 Å². The van der Waals surface area contributed by atoms with Crippen LogP contribution in [0.1, 0.15) is 67.2 Å². The van der Waals surface area contributed by atoms with Crippen molar-refractivity contribution in [2.75, 3.05) is 0 Å². The van der Waals surface area contributed by atoms with E-state index in [9.17, 15) is 0 Å². The first kappa shape index (κ1) is 25.0. The van der Waals surface area contributed by atoms with Gasteiger partial charge in [0, 0.05) is 23.2 Å². The van der Waals surface area contributed by atoms with Crippen LogP contribution in [0, 0.1) is 0 Å². The Morgan fingerprint density at radius 1 is 0.684 bits per heavy atom. The molecular formula is C14H30Cl2CuN2. The molecule has 1 aliphatic rings. The van der Waals surface area contributed by atoms with Crippen molar-refractivity contribution in [1.29, 1.82) is 0 Å². The molecule has 1 saturated carbocycles. The van der Waals surface area contributed by atoms with E-state index >= 15 is 0 Å². The molecule has 0 spiro atoms. The zero-order valence-corrected chi connectivity index (χ0v) is 15.5. The first-order chi connectivity index (χ1) is 7.17. The van der Waals surface area contributed by atoms with Gasteiger partial charge >= 0.3 is 17.1 Å². The van der Waals surface area contributed by atoms with Crippen LogP contribution in [0.2, 0.25) is 0 Å². The van der Waals surface area contributed by atoms with Gasteiger partial charge in [-0.15, -0.1) is 0 Å². The van der Waals surface area contributed by atoms with E-state index < -0.39 is 0 Å². The van der Waals surface area contributed by atoms with Gasteiger partial charge in [0.05, 0.1) is 0 Å². The van der Waals surface area contributed by atoms with Gasteiger partial charge in [-0.1, -0.05) is 12.8 Å². The monoisotopic (exact) mass is 359 g/mol. The summed E-state index contributed by atoms with van der Waals surface area (Å²) in [6.07, 6.45) is 5.36. The fourth-order valence-corrected chi connectivity index (χ4v) is 2.59. The minimum Gasteiger partial charge on any atom is -1.00 e. The average Bonchev–Trinajstić information content (AvgIpc) is 2.03. The van der Waals surface area contributed by atoms with Gasteiger partial charge < -0.3 is 35.4 Å². The summed E-state index contributed by atoms with van der Waals surface area (Å²) >= 11 is 0. The van der Waals surface area contributed by atoms with E-state index in [4.69, 9.17) is 0 Å². The van der Waals surface area contributed by atoms with Crippen LogP contribution >= 0.6 is 0 Å². The van der Waals surface area contributed by atoms with E-state index in [0.29, 0.717) is 12.1 Å². The van der Waals surface area contributed by atoms with E-state index in [1.807, 2.05) is 0 Å². The van der Waals surface area contributed by atoms with Gasteiger partial charge in [0.1, 0.15) is 0 Å². The largest absolute Gasteiger partial charge is 2.00 e. The second-order valence-corrected chi connectivity index (χ2v) is 7.29. The number of nitrogens with one attached hydrogen (secondary N) is 2. The molecule has 1 fully saturated rings. The molecule has 0 saturated heterocycles. The summed E-state index contributed by atoms with van der Waals surface area (Å²) in [5, 5.41) is 7.54. The average molecular weight is 361 g/mol. The van der Waals surface area contributed by atoms with Crippen molar-refractivity contribution in [2.24, 2.45) is 0 Å². The Morgan fingerprint density at radius 3 is 1.16 bits per heavy atom. The van der Waals surface area contributed by atoms with Gasteiger partial charge in [-0.2, -0.15) is 0 Å². The van der Waals surface area contributed by atoms with E-state index in [0.717, 1.165) is 0 Å². The molecule has 5 heteroatoms. The van der Waals surface area contributed by atoms with Crippen molar-refractivity contribution in [3.05, 3.63) is 0 Å². The maximum Gasteiger partial charge on any atom is 2.00 e. The van der Waals surface area contributed by atoms with Crippen LogP contribution in [0.5, 0.6) is 0 Å². The molecule has 1 radical (unpaired) electrons. The molecule has 1 rings (SSSR count). The molecule has 19 heavy (non-hydrogen) atoms. The molecule has 2 N–H and O–H groups in total. The van der Waals surface area contributed by atoms with E-state index in [1.165, 1.54) is 25.7 Å². The van der Waals surface area contributed by atoms with E-state index in [2.05, 4.69) is 52.2 Å². The van der Waals surface area contributed by atoms with Crippen LogP contribution in [0.3, 0.4) is 0 Å². The summed E-state index contributed by atoms with van der Waals surface area (Å²) in [6, 6.07) is 1.26. The second-order valence-electron chi connectivity index (χ2n) is 7.29. The molecule has 0 aromatic rings.